The van der Waals surface area contributed by atoms with Crippen molar-refractivity contribution < 1.29 is 28.7 Å². The van der Waals surface area contributed by atoms with Crippen LogP contribution in [0.3, 0.4) is 0 Å². The first-order chi connectivity index (χ1) is 19.0. The first-order valence-electron chi connectivity index (χ1n) is 13.5. The maximum atomic E-state index is 13.3. The van der Waals surface area contributed by atoms with Gasteiger partial charge in [-0.1, -0.05) is 64.4 Å². The summed E-state index contributed by atoms with van der Waals surface area (Å²) in [6, 6.07) is 10.3. The number of amides is 3. The average Bonchev–Trinajstić information content (AvgIpc) is 2.93. The lowest BCUT2D eigenvalue weighted by atomic mass is 9.90. The molecule has 0 aliphatic heterocycles. The fraction of sp³-hybridized carbons (Fsp3) is 0.467. The van der Waals surface area contributed by atoms with Gasteiger partial charge in [0.05, 0.1) is 12.5 Å². The third-order valence-electron chi connectivity index (χ3n) is 6.64. The van der Waals surface area contributed by atoms with Gasteiger partial charge in [-0.15, -0.1) is 0 Å². The molecule has 2 aromatic rings. The molecule has 10 heteroatoms. The minimum absolute atomic E-state index is 0.0821. The highest BCUT2D eigenvalue weighted by Gasteiger charge is 2.35. The molecule has 0 spiro atoms. The third kappa shape index (κ3) is 10.6. The molecular formula is C30H40N4O6. The zero-order chi connectivity index (χ0) is 29.7. The largest absolute Gasteiger partial charge is 0.461 e. The number of Topliss-reactive ketones (excluding diaryl/α,β-unsaturated/α-hetero) is 1. The van der Waals surface area contributed by atoms with Crippen LogP contribution in [-0.4, -0.2) is 46.5 Å². The standard InChI is InChI=1S/C30H40N4O6/c1-5-20(4)26(27(36)30(39)33-24(28(31)37)16-21-11-13-32-14-12-21)34-29(38)23(15-19(2)3)17-25(35)40-18-22-9-7-6-8-10-22/h6-14,19-20,23-24,26H,5,15-18H2,1-4H3,(H2,31,37)(H,33,39)(H,34,38). The third-order valence-corrected chi connectivity index (χ3v) is 6.64. The number of benzene rings is 1. The topological polar surface area (TPSA) is 158 Å². The smallest absolute Gasteiger partial charge is 0.306 e. The molecule has 0 saturated carbocycles. The summed E-state index contributed by atoms with van der Waals surface area (Å²) in [5.74, 6) is -4.81. The molecule has 4 N–H and O–H groups in total. The summed E-state index contributed by atoms with van der Waals surface area (Å²) >= 11 is 0. The Hall–Kier alpha value is -4.08. The number of carbonyl (C=O) groups is 5. The van der Waals surface area contributed by atoms with Crippen LogP contribution >= 0.6 is 0 Å². The molecule has 216 valence electrons. The molecule has 0 radical (unpaired) electrons. The van der Waals surface area contributed by atoms with Gasteiger partial charge in [-0.3, -0.25) is 29.0 Å². The van der Waals surface area contributed by atoms with Gasteiger partial charge < -0.3 is 21.1 Å². The van der Waals surface area contributed by atoms with Gasteiger partial charge in [0.25, 0.3) is 5.91 Å². The van der Waals surface area contributed by atoms with Gasteiger partial charge in [0.2, 0.25) is 17.6 Å². The van der Waals surface area contributed by atoms with Crippen LogP contribution in [0.25, 0.3) is 0 Å². The fourth-order valence-corrected chi connectivity index (χ4v) is 4.17. The molecule has 1 heterocycles. The summed E-state index contributed by atoms with van der Waals surface area (Å²) in [6.45, 7) is 7.51. The second-order valence-corrected chi connectivity index (χ2v) is 10.4. The second kappa shape index (κ2) is 16.1. The number of nitrogens with two attached hydrogens (primary N) is 1. The molecule has 1 aromatic heterocycles. The maximum Gasteiger partial charge on any atom is 0.306 e. The molecule has 2 rings (SSSR count). The summed E-state index contributed by atoms with van der Waals surface area (Å²) in [6.07, 6.45) is 3.88. The number of ether oxygens (including phenoxy) is 1. The molecule has 0 aliphatic carbocycles. The Balaban J connectivity index is 2.10. The quantitative estimate of drug-likeness (QED) is 0.213. The minimum atomic E-state index is -1.15. The highest BCUT2D eigenvalue weighted by Crippen LogP contribution is 2.19. The van der Waals surface area contributed by atoms with Gasteiger partial charge in [0, 0.05) is 24.7 Å². The van der Waals surface area contributed by atoms with Crippen LogP contribution in [0.4, 0.5) is 0 Å². The Morgan fingerprint density at radius 2 is 1.57 bits per heavy atom. The number of nitrogens with zero attached hydrogens (tertiary/aromatic N) is 1. The van der Waals surface area contributed by atoms with Crippen LogP contribution in [0.5, 0.6) is 0 Å². The summed E-state index contributed by atoms with van der Waals surface area (Å²) in [5, 5.41) is 5.12. The summed E-state index contributed by atoms with van der Waals surface area (Å²) in [4.78, 5) is 68.0. The Labute approximate surface area is 235 Å². The van der Waals surface area contributed by atoms with Crippen LogP contribution in [0.15, 0.2) is 54.9 Å². The molecular weight excluding hydrogens is 512 g/mol. The molecule has 40 heavy (non-hydrogen) atoms. The number of carbonyl (C=O) groups excluding carboxylic acids is 5. The molecule has 0 aliphatic rings. The predicted octanol–water partition coefficient (Wildman–Crippen LogP) is 2.49. The van der Waals surface area contributed by atoms with E-state index in [0.717, 1.165) is 5.56 Å². The van der Waals surface area contributed by atoms with E-state index in [9.17, 15) is 24.0 Å². The van der Waals surface area contributed by atoms with Crippen LogP contribution < -0.4 is 16.4 Å². The highest BCUT2D eigenvalue weighted by molar-refractivity contribution is 6.38. The monoisotopic (exact) mass is 552 g/mol. The molecule has 0 fully saturated rings. The second-order valence-electron chi connectivity index (χ2n) is 10.4. The van der Waals surface area contributed by atoms with E-state index in [4.69, 9.17) is 10.5 Å². The van der Waals surface area contributed by atoms with Crippen LogP contribution in [0.2, 0.25) is 0 Å². The minimum Gasteiger partial charge on any atom is -0.461 e. The van der Waals surface area contributed by atoms with Crippen molar-refractivity contribution in [3.8, 4) is 0 Å². The number of esters is 1. The first kappa shape index (κ1) is 32.1. The van der Waals surface area contributed by atoms with E-state index < -0.39 is 47.5 Å². The van der Waals surface area contributed by atoms with Crippen molar-refractivity contribution >= 4 is 29.5 Å². The van der Waals surface area contributed by atoms with E-state index >= 15 is 0 Å². The van der Waals surface area contributed by atoms with Crippen molar-refractivity contribution in [1.29, 1.82) is 0 Å². The number of nitrogens with one attached hydrogen (secondary N) is 2. The molecule has 10 nitrogen and oxygen atoms in total. The van der Waals surface area contributed by atoms with E-state index in [1.807, 2.05) is 51.1 Å². The van der Waals surface area contributed by atoms with Gasteiger partial charge in [-0.2, -0.15) is 0 Å². The number of pyridine rings is 1. The van der Waals surface area contributed by atoms with E-state index in [-0.39, 0.29) is 31.3 Å². The molecule has 4 unspecified atom stereocenters. The number of ketones is 1. The molecule has 3 amide bonds. The van der Waals surface area contributed by atoms with Crippen LogP contribution in [0.1, 0.15) is 58.1 Å². The molecule has 4 atom stereocenters. The summed E-state index contributed by atoms with van der Waals surface area (Å²) in [7, 11) is 0. The zero-order valence-electron chi connectivity index (χ0n) is 23.6. The number of primary amides is 1. The van der Waals surface area contributed by atoms with Gasteiger partial charge in [-0.05, 0) is 41.5 Å². The first-order valence-corrected chi connectivity index (χ1v) is 13.5. The number of hydrogen-bond donors (Lipinski definition) is 3. The average molecular weight is 553 g/mol. The van der Waals surface area contributed by atoms with Crippen molar-refractivity contribution in [2.24, 2.45) is 23.5 Å². The number of hydrogen-bond acceptors (Lipinski definition) is 7. The fourth-order valence-electron chi connectivity index (χ4n) is 4.17. The van der Waals surface area contributed by atoms with E-state index in [1.54, 1.807) is 31.5 Å². The number of rotatable bonds is 16. The normalized spacial score (nSPS) is 13.9. The Bertz CT molecular complexity index is 1140. The van der Waals surface area contributed by atoms with Crippen molar-refractivity contribution in [1.82, 2.24) is 15.6 Å². The van der Waals surface area contributed by atoms with Crippen molar-refractivity contribution in [3.05, 3.63) is 66.0 Å². The van der Waals surface area contributed by atoms with Crippen LogP contribution in [-0.2, 0) is 41.7 Å². The van der Waals surface area contributed by atoms with E-state index in [0.29, 0.717) is 18.4 Å². The molecule has 1 aromatic carbocycles. The summed E-state index contributed by atoms with van der Waals surface area (Å²) < 4.78 is 5.37. The van der Waals surface area contributed by atoms with Gasteiger partial charge in [0.15, 0.2) is 0 Å². The van der Waals surface area contributed by atoms with E-state index in [1.165, 1.54) is 0 Å². The highest BCUT2D eigenvalue weighted by atomic mass is 16.5. The van der Waals surface area contributed by atoms with Crippen LogP contribution in [0, 0.1) is 17.8 Å². The van der Waals surface area contributed by atoms with Gasteiger partial charge >= 0.3 is 5.97 Å². The molecule has 0 bridgehead atoms. The SMILES string of the molecule is CCC(C)C(NC(=O)C(CC(=O)OCc1ccccc1)CC(C)C)C(=O)C(=O)NC(Cc1ccncc1)C(N)=O. The van der Waals surface area contributed by atoms with Gasteiger partial charge in [0.1, 0.15) is 12.6 Å². The Morgan fingerprint density at radius 3 is 2.15 bits per heavy atom. The lowest BCUT2D eigenvalue weighted by molar-refractivity contribution is -0.149. The zero-order valence-corrected chi connectivity index (χ0v) is 23.6. The van der Waals surface area contributed by atoms with Crippen molar-refractivity contribution in [2.75, 3.05) is 0 Å². The lowest BCUT2D eigenvalue weighted by Gasteiger charge is -2.26. The Kier molecular flexibility index (Phi) is 13.0. The van der Waals surface area contributed by atoms with Gasteiger partial charge in [-0.25, -0.2) is 0 Å². The predicted molar refractivity (Wildman–Crippen MR) is 149 cm³/mol. The lowest BCUT2D eigenvalue weighted by Crippen LogP contribution is -2.55. The maximum absolute atomic E-state index is 13.3. The Morgan fingerprint density at radius 1 is 0.925 bits per heavy atom. The van der Waals surface area contributed by atoms with E-state index in [2.05, 4.69) is 15.6 Å². The van der Waals surface area contributed by atoms with Crippen molar-refractivity contribution in [3.63, 3.8) is 0 Å². The summed E-state index contributed by atoms with van der Waals surface area (Å²) in [5.41, 5.74) is 7.00. The molecule has 0 saturated heterocycles. The van der Waals surface area contributed by atoms with Crippen molar-refractivity contribution in [2.45, 2.75) is 72.1 Å². The number of aromatic nitrogens is 1.